The monoisotopic (exact) mass is 273 g/mol. The van der Waals surface area contributed by atoms with Crippen molar-refractivity contribution in [2.24, 2.45) is 11.8 Å². The van der Waals surface area contributed by atoms with Crippen LogP contribution < -0.4 is 16.4 Å². The molecule has 1 aliphatic carbocycles. The first kappa shape index (κ1) is 13.3. The van der Waals surface area contributed by atoms with Crippen LogP contribution in [0.1, 0.15) is 38.7 Å². The minimum Gasteiger partial charge on any atom is -0.397 e. The van der Waals surface area contributed by atoms with Crippen molar-refractivity contribution in [3.05, 3.63) is 17.7 Å². The molecule has 1 saturated carbocycles. The van der Waals surface area contributed by atoms with Crippen molar-refractivity contribution in [3.63, 3.8) is 0 Å². The van der Waals surface area contributed by atoms with Crippen molar-refractivity contribution in [2.75, 3.05) is 16.4 Å². The van der Waals surface area contributed by atoms with E-state index in [0.717, 1.165) is 28.5 Å². The molecular weight excluding hydrogens is 250 g/mol. The maximum absolute atomic E-state index is 11.4. The first-order valence-corrected chi connectivity index (χ1v) is 7.57. The lowest BCUT2D eigenvalue weighted by molar-refractivity contribution is -0.115. The second kappa shape index (κ2) is 5.00. The summed E-state index contributed by atoms with van der Waals surface area (Å²) in [6.07, 6.45) is 4.17. The number of hydrogen-bond donors (Lipinski definition) is 3. The van der Waals surface area contributed by atoms with Crippen LogP contribution in [0.3, 0.4) is 0 Å². The highest BCUT2D eigenvalue weighted by Crippen LogP contribution is 2.38. The lowest BCUT2D eigenvalue weighted by Gasteiger charge is -2.23. The van der Waals surface area contributed by atoms with Gasteiger partial charge in [0.05, 0.1) is 17.8 Å². The molecule has 1 aromatic carbocycles. The van der Waals surface area contributed by atoms with E-state index in [-0.39, 0.29) is 5.91 Å². The number of nitrogens with one attached hydrogen (secondary N) is 2. The second-order valence-corrected chi connectivity index (χ2v) is 6.18. The number of nitrogens with two attached hydrogens (primary N) is 1. The number of anilines is 3. The van der Waals surface area contributed by atoms with Crippen LogP contribution in [-0.4, -0.2) is 11.9 Å². The standard InChI is InChI=1S/C16H23N3O/c1-3-10-4-5-13(9(10)2)18-15-8-14-11(6-12(15)17)7-16(20)19-14/h6,8-10,13,18H,3-5,7,17H2,1-2H3,(H,19,20). The summed E-state index contributed by atoms with van der Waals surface area (Å²) < 4.78 is 0. The summed E-state index contributed by atoms with van der Waals surface area (Å²) in [5, 5.41) is 6.48. The van der Waals surface area contributed by atoms with Gasteiger partial charge in [-0.05, 0) is 42.4 Å². The Kier molecular flexibility index (Phi) is 3.32. The molecule has 1 amide bonds. The lowest BCUT2D eigenvalue weighted by atomic mass is 9.93. The van der Waals surface area contributed by atoms with E-state index >= 15 is 0 Å². The molecule has 3 rings (SSSR count). The van der Waals surface area contributed by atoms with E-state index in [0.29, 0.717) is 18.4 Å². The average Bonchev–Trinajstić information content (AvgIpc) is 2.93. The first-order chi connectivity index (χ1) is 9.58. The van der Waals surface area contributed by atoms with Gasteiger partial charge < -0.3 is 16.4 Å². The molecule has 4 nitrogen and oxygen atoms in total. The fraction of sp³-hybridized carbons (Fsp3) is 0.562. The van der Waals surface area contributed by atoms with Crippen LogP contribution in [0.2, 0.25) is 0 Å². The molecule has 20 heavy (non-hydrogen) atoms. The molecule has 4 heteroatoms. The maximum Gasteiger partial charge on any atom is 0.228 e. The zero-order valence-corrected chi connectivity index (χ0v) is 12.2. The SMILES string of the molecule is CCC1CCC(Nc2cc3c(cc2N)CC(=O)N3)C1C. The van der Waals surface area contributed by atoms with Gasteiger partial charge in [-0.2, -0.15) is 0 Å². The van der Waals surface area contributed by atoms with Crippen molar-refractivity contribution >= 4 is 23.0 Å². The van der Waals surface area contributed by atoms with Crippen molar-refractivity contribution in [1.82, 2.24) is 0 Å². The van der Waals surface area contributed by atoms with Gasteiger partial charge in [0, 0.05) is 11.7 Å². The van der Waals surface area contributed by atoms with Crippen LogP contribution in [0.25, 0.3) is 0 Å². The fourth-order valence-corrected chi connectivity index (χ4v) is 3.65. The van der Waals surface area contributed by atoms with Gasteiger partial charge in [-0.15, -0.1) is 0 Å². The molecule has 0 bridgehead atoms. The Labute approximate surface area is 120 Å². The van der Waals surface area contributed by atoms with Gasteiger partial charge in [0.25, 0.3) is 0 Å². The molecule has 108 valence electrons. The number of amides is 1. The summed E-state index contributed by atoms with van der Waals surface area (Å²) in [6.45, 7) is 4.59. The fourth-order valence-electron chi connectivity index (χ4n) is 3.65. The molecule has 0 spiro atoms. The molecule has 0 radical (unpaired) electrons. The third-order valence-corrected chi connectivity index (χ3v) is 4.99. The van der Waals surface area contributed by atoms with Crippen molar-refractivity contribution in [1.29, 1.82) is 0 Å². The van der Waals surface area contributed by atoms with Crippen molar-refractivity contribution in [2.45, 2.75) is 45.6 Å². The summed E-state index contributed by atoms with van der Waals surface area (Å²) >= 11 is 0. The van der Waals surface area contributed by atoms with Gasteiger partial charge in [-0.25, -0.2) is 0 Å². The molecule has 0 saturated heterocycles. The highest BCUT2D eigenvalue weighted by Gasteiger charge is 2.32. The molecule has 3 unspecified atom stereocenters. The summed E-state index contributed by atoms with van der Waals surface area (Å²) in [5.41, 5.74) is 9.74. The summed E-state index contributed by atoms with van der Waals surface area (Å²) in [5.74, 6) is 1.53. The summed E-state index contributed by atoms with van der Waals surface area (Å²) in [7, 11) is 0. The summed E-state index contributed by atoms with van der Waals surface area (Å²) in [6, 6.07) is 4.39. The van der Waals surface area contributed by atoms with Crippen LogP contribution in [-0.2, 0) is 11.2 Å². The number of hydrogen-bond acceptors (Lipinski definition) is 3. The minimum absolute atomic E-state index is 0.0526. The predicted octanol–water partition coefficient (Wildman–Crippen LogP) is 3.00. The highest BCUT2D eigenvalue weighted by atomic mass is 16.1. The predicted molar refractivity (Wildman–Crippen MR) is 82.8 cm³/mol. The topological polar surface area (TPSA) is 67.1 Å². The Hall–Kier alpha value is -1.71. The van der Waals surface area contributed by atoms with Gasteiger partial charge in [0.15, 0.2) is 0 Å². The minimum atomic E-state index is 0.0526. The van der Waals surface area contributed by atoms with Crippen LogP contribution >= 0.6 is 0 Å². The Bertz CT molecular complexity index is 541. The third kappa shape index (κ3) is 2.23. The van der Waals surface area contributed by atoms with E-state index in [1.165, 1.54) is 19.3 Å². The number of carbonyl (C=O) groups excluding carboxylic acids is 1. The number of nitrogen functional groups attached to an aromatic ring is 1. The molecule has 1 heterocycles. The molecule has 3 atom stereocenters. The van der Waals surface area contributed by atoms with E-state index in [4.69, 9.17) is 5.73 Å². The van der Waals surface area contributed by atoms with E-state index in [1.807, 2.05) is 12.1 Å². The largest absolute Gasteiger partial charge is 0.397 e. The van der Waals surface area contributed by atoms with Gasteiger partial charge in [-0.3, -0.25) is 4.79 Å². The zero-order chi connectivity index (χ0) is 14.3. The number of benzene rings is 1. The van der Waals surface area contributed by atoms with Crippen LogP contribution in [0, 0.1) is 11.8 Å². The molecular formula is C16H23N3O. The Morgan fingerprint density at radius 1 is 1.40 bits per heavy atom. The van der Waals surface area contributed by atoms with Gasteiger partial charge in [-0.1, -0.05) is 20.3 Å². The smallest absolute Gasteiger partial charge is 0.228 e. The Morgan fingerprint density at radius 2 is 2.20 bits per heavy atom. The van der Waals surface area contributed by atoms with E-state index in [2.05, 4.69) is 24.5 Å². The second-order valence-electron chi connectivity index (χ2n) is 6.18. The molecule has 1 aromatic rings. The number of fused-ring (bicyclic) bond motifs is 1. The van der Waals surface area contributed by atoms with E-state index in [1.54, 1.807) is 0 Å². The molecule has 2 aliphatic rings. The first-order valence-electron chi connectivity index (χ1n) is 7.57. The molecule has 1 aliphatic heterocycles. The molecule has 4 N–H and O–H groups in total. The highest BCUT2D eigenvalue weighted by molar-refractivity contribution is 6.00. The van der Waals surface area contributed by atoms with Gasteiger partial charge in [0.2, 0.25) is 5.91 Å². The summed E-state index contributed by atoms with van der Waals surface area (Å²) in [4.78, 5) is 11.4. The van der Waals surface area contributed by atoms with E-state index in [9.17, 15) is 4.79 Å². The quantitative estimate of drug-likeness (QED) is 0.742. The van der Waals surface area contributed by atoms with Crippen LogP contribution in [0.4, 0.5) is 17.1 Å². The zero-order valence-electron chi connectivity index (χ0n) is 12.2. The maximum atomic E-state index is 11.4. The normalized spacial score (nSPS) is 28.3. The Balaban J connectivity index is 1.79. The Morgan fingerprint density at radius 3 is 2.90 bits per heavy atom. The van der Waals surface area contributed by atoms with Gasteiger partial charge >= 0.3 is 0 Å². The van der Waals surface area contributed by atoms with E-state index < -0.39 is 0 Å². The molecule has 0 aromatic heterocycles. The molecule has 1 fully saturated rings. The van der Waals surface area contributed by atoms with Crippen molar-refractivity contribution < 1.29 is 4.79 Å². The lowest BCUT2D eigenvalue weighted by Crippen LogP contribution is -2.25. The number of rotatable bonds is 3. The number of carbonyl (C=O) groups is 1. The van der Waals surface area contributed by atoms with Gasteiger partial charge in [0.1, 0.15) is 0 Å². The average molecular weight is 273 g/mol. The van der Waals surface area contributed by atoms with Crippen molar-refractivity contribution in [3.8, 4) is 0 Å². The third-order valence-electron chi connectivity index (χ3n) is 4.99. The van der Waals surface area contributed by atoms with Crippen LogP contribution in [0.15, 0.2) is 12.1 Å². The van der Waals surface area contributed by atoms with Crippen LogP contribution in [0.5, 0.6) is 0 Å².